The van der Waals surface area contributed by atoms with Gasteiger partial charge in [-0.2, -0.15) is 0 Å². The van der Waals surface area contributed by atoms with Gasteiger partial charge in [0, 0.05) is 13.1 Å². The minimum absolute atomic E-state index is 0.179. The van der Waals surface area contributed by atoms with Gasteiger partial charge in [0.25, 0.3) is 0 Å². The Balaban J connectivity index is 2.64. The SMILES string of the molecule is CN=S(=O)(Nc1ccc(OC)c(F)c1)c1c(F)c(F)c(F)c(F)c1F. The lowest BCUT2D eigenvalue weighted by Crippen LogP contribution is -2.19. The van der Waals surface area contributed by atoms with E-state index in [1.54, 1.807) is 0 Å². The fourth-order valence-corrected chi connectivity index (χ4v) is 3.39. The number of nitrogens with zero attached hydrogens (tertiary/aromatic N) is 1. The summed E-state index contributed by atoms with van der Waals surface area (Å²) in [7, 11) is -2.32. The summed E-state index contributed by atoms with van der Waals surface area (Å²) in [5.74, 6) is -12.6. The lowest BCUT2D eigenvalue weighted by molar-refractivity contribution is 0.359. The monoisotopic (exact) mass is 384 g/mol. The maximum absolute atomic E-state index is 13.9. The maximum Gasteiger partial charge on any atom is 0.200 e. The molecule has 25 heavy (non-hydrogen) atoms. The molecule has 136 valence electrons. The van der Waals surface area contributed by atoms with E-state index >= 15 is 0 Å². The average molecular weight is 384 g/mol. The summed E-state index contributed by atoms with van der Waals surface area (Å²) in [5.41, 5.74) is -0.280. The molecule has 0 spiro atoms. The highest BCUT2D eigenvalue weighted by molar-refractivity contribution is 7.95. The van der Waals surface area contributed by atoms with Crippen molar-refractivity contribution in [1.82, 2.24) is 0 Å². The van der Waals surface area contributed by atoms with Crippen LogP contribution in [0.25, 0.3) is 0 Å². The van der Waals surface area contributed by atoms with Crippen molar-refractivity contribution in [2.24, 2.45) is 4.36 Å². The van der Waals surface area contributed by atoms with E-state index in [0.717, 1.165) is 25.2 Å². The molecule has 0 fully saturated rings. The zero-order valence-corrected chi connectivity index (χ0v) is 13.5. The highest BCUT2D eigenvalue weighted by atomic mass is 32.2. The molecule has 1 unspecified atom stereocenters. The fourth-order valence-electron chi connectivity index (χ4n) is 1.91. The number of anilines is 1. The molecule has 0 heterocycles. The Hall–Kier alpha value is -2.43. The van der Waals surface area contributed by atoms with E-state index in [-0.39, 0.29) is 11.4 Å². The first-order chi connectivity index (χ1) is 11.7. The van der Waals surface area contributed by atoms with Gasteiger partial charge in [0.05, 0.1) is 12.8 Å². The normalized spacial score (nSPS) is 13.3. The van der Waals surface area contributed by atoms with Crippen LogP contribution in [0.2, 0.25) is 0 Å². The molecule has 0 saturated heterocycles. The van der Waals surface area contributed by atoms with Gasteiger partial charge in [0.15, 0.2) is 44.8 Å². The van der Waals surface area contributed by atoms with Crippen molar-refractivity contribution in [3.63, 3.8) is 0 Å². The van der Waals surface area contributed by atoms with E-state index in [2.05, 4.69) is 9.10 Å². The second-order valence-electron chi connectivity index (χ2n) is 4.56. The molecule has 2 rings (SSSR count). The number of hydrogen-bond acceptors (Lipinski definition) is 3. The van der Waals surface area contributed by atoms with Crippen molar-refractivity contribution in [2.45, 2.75) is 4.90 Å². The Morgan fingerprint density at radius 1 is 0.960 bits per heavy atom. The molecule has 0 aliphatic carbocycles. The van der Waals surface area contributed by atoms with E-state index in [1.807, 2.05) is 4.72 Å². The second-order valence-corrected chi connectivity index (χ2v) is 6.59. The van der Waals surface area contributed by atoms with Crippen molar-refractivity contribution in [1.29, 1.82) is 0 Å². The van der Waals surface area contributed by atoms with E-state index in [0.29, 0.717) is 0 Å². The molecule has 2 aromatic rings. The van der Waals surface area contributed by atoms with Gasteiger partial charge in [-0.25, -0.2) is 34.9 Å². The van der Waals surface area contributed by atoms with Crippen LogP contribution in [0.1, 0.15) is 0 Å². The van der Waals surface area contributed by atoms with E-state index in [4.69, 9.17) is 0 Å². The number of halogens is 6. The molecular formula is C14H10F6N2O2S. The third-order valence-corrected chi connectivity index (χ3v) is 5.05. The minimum atomic E-state index is -4.35. The smallest absolute Gasteiger partial charge is 0.200 e. The average Bonchev–Trinajstić information content (AvgIpc) is 2.58. The topological polar surface area (TPSA) is 50.7 Å². The molecular weight excluding hydrogens is 374 g/mol. The number of hydrogen-bond donors (Lipinski definition) is 1. The third-order valence-electron chi connectivity index (χ3n) is 3.11. The highest BCUT2D eigenvalue weighted by Gasteiger charge is 2.32. The molecule has 2 aromatic carbocycles. The van der Waals surface area contributed by atoms with Gasteiger partial charge in [-0.05, 0) is 12.1 Å². The Morgan fingerprint density at radius 3 is 1.92 bits per heavy atom. The predicted octanol–water partition coefficient (Wildman–Crippen LogP) is 4.01. The lowest BCUT2D eigenvalue weighted by atomic mass is 10.3. The first kappa shape index (κ1) is 18.9. The molecule has 0 bridgehead atoms. The number of ether oxygens (including phenoxy) is 1. The summed E-state index contributed by atoms with van der Waals surface area (Å²) in [4.78, 5) is -1.65. The molecule has 4 nitrogen and oxygen atoms in total. The largest absolute Gasteiger partial charge is 0.494 e. The molecule has 0 aliphatic heterocycles. The van der Waals surface area contributed by atoms with Crippen molar-refractivity contribution in [3.8, 4) is 5.75 Å². The Labute approximate surface area is 138 Å². The summed E-state index contributed by atoms with van der Waals surface area (Å²) < 4.78 is 104. The van der Waals surface area contributed by atoms with Crippen LogP contribution in [0.15, 0.2) is 27.5 Å². The molecule has 1 N–H and O–H groups in total. The first-order valence-corrected chi connectivity index (χ1v) is 7.95. The second kappa shape index (κ2) is 6.82. The third kappa shape index (κ3) is 3.23. The van der Waals surface area contributed by atoms with Crippen molar-refractivity contribution >= 4 is 15.6 Å². The molecule has 0 saturated carbocycles. The standard InChI is InChI=1S/C14H10F6N2O2S/c1-21-25(23,22-6-3-4-8(24-2)7(15)5-6)14-12(19)10(17)9(16)11(18)13(14)20/h3-5H,1-2H3,(H,21,22,23). The summed E-state index contributed by atoms with van der Waals surface area (Å²) in [5, 5.41) is 0. The van der Waals surface area contributed by atoms with E-state index in [9.17, 15) is 30.6 Å². The van der Waals surface area contributed by atoms with Crippen molar-refractivity contribution < 1.29 is 35.3 Å². The Kier molecular flexibility index (Phi) is 5.16. The number of benzene rings is 2. The quantitative estimate of drug-likeness (QED) is 0.492. The Morgan fingerprint density at radius 2 is 1.48 bits per heavy atom. The number of methoxy groups -OCH3 is 1. The first-order valence-electron chi connectivity index (χ1n) is 6.44. The molecule has 0 aliphatic rings. The molecule has 0 aromatic heterocycles. The Bertz CT molecular complexity index is 928. The van der Waals surface area contributed by atoms with E-state index in [1.165, 1.54) is 7.11 Å². The van der Waals surface area contributed by atoms with Gasteiger partial charge in [0.2, 0.25) is 5.82 Å². The van der Waals surface area contributed by atoms with Gasteiger partial charge < -0.3 is 4.74 Å². The summed E-state index contributed by atoms with van der Waals surface area (Å²) in [6.45, 7) is 0. The summed E-state index contributed by atoms with van der Waals surface area (Å²) in [6, 6.07) is 2.99. The molecule has 0 amide bonds. The molecule has 0 radical (unpaired) electrons. The van der Waals surface area contributed by atoms with Crippen LogP contribution in [0.5, 0.6) is 5.75 Å². The van der Waals surface area contributed by atoms with Gasteiger partial charge in [-0.15, -0.1) is 0 Å². The van der Waals surface area contributed by atoms with Crippen LogP contribution >= 0.6 is 0 Å². The number of nitrogens with one attached hydrogen (secondary N) is 1. The highest BCUT2D eigenvalue weighted by Crippen LogP contribution is 2.30. The van der Waals surface area contributed by atoms with Gasteiger partial charge in [0.1, 0.15) is 4.90 Å². The van der Waals surface area contributed by atoms with Crippen LogP contribution < -0.4 is 9.46 Å². The molecule has 11 heteroatoms. The van der Waals surface area contributed by atoms with Gasteiger partial charge in [-0.3, -0.25) is 4.72 Å². The van der Waals surface area contributed by atoms with Crippen LogP contribution in [-0.2, 0) is 9.92 Å². The van der Waals surface area contributed by atoms with E-state index < -0.39 is 49.7 Å². The summed E-state index contributed by atoms with van der Waals surface area (Å²) >= 11 is 0. The fraction of sp³-hybridized carbons (Fsp3) is 0.143. The minimum Gasteiger partial charge on any atom is -0.494 e. The molecule has 1 atom stereocenters. The zero-order chi connectivity index (χ0) is 18.9. The van der Waals surface area contributed by atoms with Crippen LogP contribution in [-0.4, -0.2) is 18.4 Å². The predicted molar refractivity (Wildman–Crippen MR) is 77.6 cm³/mol. The maximum atomic E-state index is 13.9. The zero-order valence-electron chi connectivity index (χ0n) is 12.7. The summed E-state index contributed by atoms with van der Waals surface area (Å²) in [6.07, 6.45) is 0. The lowest BCUT2D eigenvalue weighted by Gasteiger charge is -2.15. The van der Waals surface area contributed by atoms with Crippen LogP contribution in [0.3, 0.4) is 0 Å². The van der Waals surface area contributed by atoms with Gasteiger partial charge >= 0.3 is 0 Å². The van der Waals surface area contributed by atoms with Crippen LogP contribution in [0, 0.1) is 34.9 Å². The van der Waals surface area contributed by atoms with Crippen molar-refractivity contribution in [3.05, 3.63) is 53.1 Å². The number of rotatable bonds is 4. The van der Waals surface area contributed by atoms with Crippen LogP contribution in [0.4, 0.5) is 32.0 Å². The van der Waals surface area contributed by atoms with Crippen molar-refractivity contribution in [2.75, 3.05) is 18.9 Å². The van der Waals surface area contributed by atoms with Gasteiger partial charge in [-0.1, -0.05) is 0 Å².